The Hall–Kier alpha value is -2.50. The molecule has 0 unspecified atom stereocenters. The fourth-order valence-electron chi connectivity index (χ4n) is 1.51. The van der Waals surface area contributed by atoms with E-state index in [-0.39, 0.29) is 12.6 Å². The Bertz CT molecular complexity index is 555. The molecule has 6 heteroatoms. The molecule has 1 heterocycles. The van der Waals surface area contributed by atoms with E-state index in [1.807, 2.05) is 13.8 Å². The van der Waals surface area contributed by atoms with E-state index in [4.69, 9.17) is 10.2 Å². The molecule has 0 saturated heterocycles. The maximum Gasteiger partial charge on any atom is 0.319 e. The number of aromatic nitrogens is 1. The number of carbonyl (C=O) groups excluding carboxylic acids is 1. The largest absolute Gasteiger partial charge is 0.444 e. The number of nitrogens with zero attached hydrogens (tertiary/aromatic N) is 1. The van der Waals surface area contributed by atoms with Gasteiger partial charge >= 0.3 is 6.03 Å². The highest BCUT2D eigenvalue weighted by Crippen LogP contribution is 2.10. The number of hydrogen-bond acceptors (Lipinski definition) is 4. The number of nitrogen functional groups attached to an aromatic ring is 1. The van der Waals surface area contributed by atoms with Gasteiger partial charge in [-0.05, 0) is 38.1 Å². The van der Waals surface area contributed by atoms with Crippen LogP contribution in [-0.4, -0.2) is 11.0 Å². The molecule has 19 heavy (non-hydrogen) atoms. The lowest BCUT2D eigenvalue weighted by atomic mass is 10.3. The van der Waals surface area contributed by atoms with Crippen molar-refractivity contribution in [1.82, 2.24) is 10.3 Å². The van der Waals surface area contributed by atoms with Crippen molar-refractivity contribution in [2.45, 2.75) is 20.4 Å². The summed E-state index contributed by atoms with van der Waals surface area (Å²) < 4.78 is 5.36. The predicted octanol–water partition coefficient (Wildman–Crippen LogP) is 2.20. The Morgan fingerprint density at radius 1 is 1.32 bits per heavy atom. The zero-order valence-electron chi connectivity index (χ0n) is 10.9. The van der Waals surface area contributed by atoms with E-state index in [9.17, 15) is 4.79 Å². The number of hydrogen-bond donors (Lipinski definition) is 3. The lowest BCUT2D eigenvalue weighted by Crippen LogP contribution is -2.28. The van der Waals surface area contributed by atoms with Gasteiger partial charge in [0.05, 0.1) is 12.2 Å². The van der Waals surface area contributed by atoms with Crippen LogP contribution in [0.4, 0.5) is 16.2 Å². The van der Waals surface area contributed by atoms with E-state index in [1.165, 1.54) is 0 Å². The molecule has 1 aromatic carbocycles. The molecule has 0 radical (unpaired) electrons. The Labute approximate surface area is 111 Å². The summed E-state index contributed by atoms with van der Waals surface area (Å²) in [5.41, 5.74) is 7.71. The Morgan fingerprint density at radius 3 is 2.58 bits per heavy atom. The maximum atomic E-state index is 11.6. The van der Waals surface area contributed by atoms with Crippen LogP contribution in [0, 0.1) is 13.8 Å². The van der Waals surface area contributed by atoms with Crippen LogP contribution in [0.2, 0.25) is 0 Å². The molecule has 2 rings (SSSR count). The molecule has 0 aliphatic rings. The topological polar surface area (TPSA) is 93.2 Å². The second-order valence-electron chi connectivity index (χ2n) is 4.18. The van der Waals surface area contributed by atoms with Gasteiger partial charge in [0, 0.05) is 11.4 Å². The summed E-state index contributed by atoms with van der Waals surface area (Å²) in [5.74, 6) is 1.25. The van der Waals surface area contributed by atoms with Crippen LogP contribution in [0.5, 0.6) is 0 Å². The Kier molecular flexibility index (Phi) is 3.70. The molecule has 0 atom stereocenters. The summed E-state index contributed by atoms with van der Waals surface area (Å²) in [5, 5.41) is 5.35. The van der Waals surface area contributed by atoms with Crippen LogP contribution in [0.15, 0.2) is 28.7 Å². The summed E-state index contributed by atoms with van der Waals surface area (Å²) in [6.07, 6.45) is 0. The quantitative estimate of drug-likeness (QED) is 0.737. The van der Waals surface area contributed by atoms with Gasteiger partial charge in [0.15, 0.2) is 0 Å². The third-order valence-corrected chi connectivity index (χ3v) is 2.64. The minimum Gasteiger partial charge on any atom is -0.444 e. The minimum atomic E-state index is -0.321. The summed E-state index contributed by atoms with van der Waals surface area (Å²) in [7, 11) is 0. The molecular weight excluding hydrogens is 244 g/mol. The molecule has 0 saturated carbocycles. The molecule has 0 aliphatic heterocycles. The van der Waals surface area contributed by atoms with Crippen LogP contribution in [0.25, 0.3) is 0 Å². The first-order valence-corrected chi connectivity index (χ1v) is 5.88. The number of urea groups is 1. The second-order valence-corrected chi connectivity index (χ2v) is 4.18. The van der Waals surface area contributed by atoms with Gasteiger partial charge in [-0.2, -0.15) is 0 Å². The molecule has 1 aromatic heterocycles. The van der Waals surface area contributed by atoms with Crippen molar-refractivity contribution in [3.05, 3.63) is 41.6 Å². The number of rotatable bonds is 3. The van der Waals surface area contributed by atoms with Crippen LogP contribution in [-0.2, 0) is 6.54 Å². The van der Waals surface area contributed by atoms with Crippen LogP contribution in [0.1, 0.15) is 17.3 Å². The summed E-state index contributed by atoms with van der Waals surface area (Å²) in [6, 6.07) is 6.58. The van der Waals surface area contributed by atoms with Gasteiger partial charge in [-0.3, -0.25) is 0 Å². The van der Waals surface area contributed by atoms with Crippen molar-refractivity contribution in [1.29, 1.82) is 0 Å². The monoisotopic (exact) mass is 260 g/mol. The lowest BCUT2D eigenvalue weighted by molar-refractivity contribution is 0.250. The molecule has 6 nitrogen and oxygen atoms in total. The number of amides is 2. The molecule has 2 amide bonds. The summed E-state index contributed by atoms with van der Waals surface area (Å²) >= 11 is 0. The van der Waals surface area contributed by atoms with Crippen molar-refractivity contribution in [3.8, 4) is 0 Å². The van der Waals surface area contributed by atoms with Gasteiger partial charge in [0.25, 0.3) is 0 Å². The van der Waals surface area contributed by atoms with Crippen LogP contribution < -0.4 is 16.4 Å². The summed E-state index contributed by atoms with van der Waals surface area (Å²) in [6.45, 7) is 3.94. The molecule has 100 valence electrons. The van der Waals surface area contributed by atoms with Gasteiger partial charge < -0.3 is 20.8 Å². The lowest BCUT2D eigenvalue weighted by Gasteiger charge is -2.06. The molecule has 0 spiro atoms. The fourth-order valence-corrected chi connectivity index (χ4v) is 1.51. The van der Waals surface area contributed by atoms with E-state index < -0.39 is 0 Å². The van der Waals surface area contributed by atoms with Gasteiger partial charge in [-0.15, -0.1) is 0 Å². The number of anilines is 2. The minimum absolute atomic E-state index is 0.246. The van der Waals surface area contributed by atoms with Gasteiger partial charge in [-0.1, -0.05) is 0 Å². The van der Waals surface area contributed by atoms with Crippen molar-refractivity contribution in [2.24, 2.45) is 0 Å². The Balaban J connectivity index is 1.86. The van der Waals surface area contributed by atoms with Gasteiger partial charge in [0.1, 0.15) is 5.76 Å². The van der Waals surface area contributed by atoms with Crippen molar-refractivity contribution in [2.75, 3.05) is 11.1 Å². The highest BCUT2D eigenvalue weighted by atomic mass is 16.4. The number of nitrogens with one attached hydrogen (secondary N) is 2. The van der Waals surface area contributed by atoms with E-state index in [2.05, 4.69) is 15.6 Å². The number of benzene rings is 1. The van der Waals surface area contributed by atoms with E-state index >= 15 is 0 Å². The average Bonchev–Trinajstić information content (AvgIpc) is 2.69. The van der Waals surface area contributed by atoms with E-state index in [0.717, 1.165) is 11.5 Å². The van der Waals surface area contributed by atoms with E-state index in [1.54, 1.807) is 24.3 Å². The maximum absolute atomic E-state index is 11.6. The van der Waals surface area contributed by atoms with Crippen molar-refractivity contribution >= 4 is 17.4 Å². The standard InChI is InChI=1S/C13H16N4O2/c1-8-9(2)19-12(16-8)7-15-13(18)17-11-5-3-10(14)4-6-11/h3-6H,7,14H2,1-2H3,(H2,15,17,18). The summed E-state index contributed by atoms with van der Waals surface area (Å²) in [4.78, 5) is 15.8. The fraction of sp³-hybridized carbons (Fsp3) is 0.231. The molecule has 0 aliphatic carbocycles. The second kappa shape index (κ2) is 5.43. The molecular formula is C13H16N4O2. The highest BCUT2D eigenvalue weighted by Gasteiger charge is 2.07. The SMILES string of the molecule is Cc1nc(CNC(=O)Nc2ccc(N)cc2)oc1C. The van der Waals surface area contributed by atoms with Gasteiger partial charge in [0.2, 0.25) is 5.89 Å². The zero-order valence-corrected chi connectivity index (χ0v) is 10.9. The zero-order chi connectivity index (χ0) is 13.8. The first-order chi connectivity index (χ1) is 9.04. The first-order valence-electron chi connectivity index (χ1n) is 5.88. The normalized spacial score (nSPS) is 10.2. The Morgan fingerprint density at radius 2 is 2.00 bits per heavy atom. The van der Waals surface area contributed by atoms with Crippen LogP contribution >= 0.6 is 0 Å². The highest BCUT2D eigenvalue weighted by molar-refractivity contribution is 5.89. The molecule has 0 bridgehead atoms. The smallest absolute Gasteiger partial charge is 0.319 e. The first kappa shape index (κ1) is 12.9. The average molecular weight is 260 g/mol. The van der Waals surface area contributed by atoms with Crippen molar-refractivity contribution < 1.29 is 9.21 Å². The molecule has 2 aromatic rings. The predicted molar refractivity (Wildman–Crippen MR) is 72.7 cm³/mol. The number of aryl methyl sites for hydroxylation is 2. The van der Waals surface area contributed by atoms with Crippen LogP contribution in [0.3, 0.4) is 0 Å². The van der Waals surface area contributed by atoms with E-state index in [0.29, 0.717) is 17.3 Å². The molecule has 4 N–H and O–H groups in total. The number of carbonyl (C=O) groups is 1. The molecule has 0 fully saturated rings. The number of oxazole rings is 1. The van der Waals surface area contributed by atoms with Crippen molar-refractivity contribution in [3.63, 3.8) is 0 Å². The third-order valence-electron chi connectivity index (χ3n) is 2.64. The number of nitrogens with two attached hydrogens (primary N) is 1. The van der Waals surface area contributed by atoms with Gasteiger partial charge in [-0.25, -0.2) is 9.78 Å². The third kappa shape index (κ3) is 3.48.